The van der Waals surface area contributed by atoms with Crippen LogP contribution in [0.15, 0.2) is 425 Å². The van der Waals surface area contributed by atoms with Gasteiger partial charge in [-0.05, 0) is 202 Å². The van der Waals surface area contributed by atoms with E-state index in [1.165, 1.54) is 203 Å². The lowest BCUT2D eigenvalue weighted by Crippen LogP contribution is -1.94. The fraction of sp³-hybridized carbons (Fsp3) is 0. The summed E-state index contributed by atoms with van der Waals surface area (Å²) in [4.78, 5) is 0. The second-order valence-corrected chi connectivity index (χ2v) is 29.7. The average Bonchev–Trinajstić information content (AvgIpc) is 1.32. The molecular weight excluding hydrogens is 1370 g/mol. The van der Waals surface area contributed by atoms with Crippen LogP contribution in [0.4, 0.5) is 0 Å². The SMILES string of the molecule is C(=C\c1ccc(-c2c3ccccc3c(-c3ccc(-n4c5ccccc5c5ccccc54)cc3)c3ccccc23)cc1)/c1ccc(-c2cccc3ccccc23)cc1.C(=C\c1ccc(-c2c3ccccc3c(-c3ccc4c5ccccc5n(-c5ccccc5)c4c3)c3ccccc23)cc1)/c1ccc(-c2cccc3ccccc23)cc1. The Labute approximate surface area is 662 Å². The molecule has 0 fully saturated rings. The third kappa shape index (κ3) is 12.0. The van der Waals surface area contributed by atoms with Crippen LogP contribution in [0.25, 0.3) is 211 Å². The molecule has 0 bridgehead atoms. The molecule has 0 saturated carbocycles. The second-order valence-electron chi connectivity index (χ2n) is 29.7. The first-order chi connectivity index (χ1) is 56.6. The van der Waals surface area contributed by atoms with Crippen LogP contribution in [-0.2, 0) is 0 Å². The first-order valence-corrected chi connectivity index (χ1v) is 39.4. The van der Waals surface area contributed by atoms with Gasteiger partial charge in [0.1, 0.15) is 0 Å². The molecule has 0 unspecified atom stereocenters. The van der Waals surface area contributed by atoms with Gasteiger partial charge in [-0.15, -0.1) is 0 Å². The molecule has 2 heterocycles. The highest BCUT2D eigenvalue weighted by molar-refractivity contribution is 6.24. The minimum Gasteiger partial charge on any atom is -0.309 e. The summed E-state index contributed by atoms with van der Waals surface area (Å²) in [5.74, 6) is 0. The predicted octanol–water partition coefficient (Wildman–Crippen LogP) is 30.8. The highest BCUT2D eigenvalue weighted by Gasteiger charge is 2.22. The van der Waals surface area contributed by atoms with E-state index in [4.69, 9.17) is 0 Å². The molecule has 0 aliphatic rings. The molecule has 22 rings (SSSR count). The Morgan fingerprint density at radius 3 is 0.754 bits per heavy atom. The van der Waals surface area contributed by atoms with E-state index >= 15 is 0 Å². The van der Waals surface area contributed by atoms with Crippen molar-refractivity contribution in [2.24, 2.45) is 0 Å². The Morgan fingerprint density at radius 2 is 0.395 bits per heavy atom. The molecule has 0 aliphatic carbocycles. The molecule has 0 saturated heterocycles. The summed E-state index contributed by atoms with van der Waals surface area (Å²) in [7, 11) is 0. The van der Waals surface area contributed by atoms with Crippen molar-refractivity contribution in [3.05, 3.63) is 447 Å². The Kier molecular flexibility index (Phi) is 17.0. The molecule has 0 aliphatic heterocycles. The third-order valence-corrected chi connectivity index (χ3v) is 23.2. The normalized spacial score (nSPS) is 11.8. The predicted molar refractivity (Wildman–Crippen MR) is 490 cm³/mol. The summed E-state index contributed by atoms with van der Waals surface area (Å²) < 4.78 is 4.79. The van der Waals surface area contributed by atoms with Gasteiger partial charge < -0.3 is 9.13 Å². The van der Waals surface area contributed by atoms with Gasteiger partial charge in [-0.3, -0.25) is 0 Å². The number of nitrogens with zero attached hydrogens (tertiary/aromatic N) is 2. The van der Waals surface area contributed by atoms with Gasteiger partial charge in [-0.25, -0.2) is 0 Å². The van der Waals surface area contributed by atoms with Crippen LogP contribution in [0.1, 0.15) is 22.3 Å². The van der Waals surface area contributed by atoms with E-state index < -0.39 is 0 Å². The fourth-order valence-electron chi connectivity index (χ4n) is 17.9. The molecule has 0 radical (unpaired) electrons. The van der Waals surface area contributed by atoms with Crippen LogP contribution in [0.3, 0.4) is 0 Å². The van der Waals surface area contributed by atoms with Crippen LogP contribution < -0.4 is 0 Å². The van der Waals surface area contributed by atoms with Crippen molar-refractivity contribution in [1.29, 1.82) is 0 Å². The zero-order chi connectivity index (χ0) is 75.4. The number of benzene rings is 20. The maximum absolute atomic E-state index is 2.41. The fourth-order valence-corrected chi connectivity index (χ4v) is 17.9. The zero-order valence-electron chi connectivity index (χ0n) is 62.6. The highest BCUT2D eigenvalue weighted by Crippen LogP contribution is 2.48. The maximum Gasteiger partial charge on any atom is 0.0547 e. The molecule has 2 heteroatoms. The van der Waals surface area contributed by atoms with Crippen LogP contribution in [0, 0.1) is 0 Å². The third-order valence-electron chi connectivity index (χ3n) is 23.2. The largest absolute Gasteiger partial charge is 0.309 e. The molecule has 0 atom stereocenters. The van der Waals surface area contributed by atoms with Gasteiger partial charge in [-0.1, -0.05) is 400 Å². The number of hydrogen-bond donors (Lipinski definition) is 0. The van der Waals surface area contributed by atoms with Gasteiger partial charge in [0.25, 0.3) is 0 Å². The first-order valence-electron chi connectivity index (χ1n) is 39.4. The van der Waals surface area contributed by atoms with Gasteiger partial charge in [0.15, 0.2) is 0 Å². The van der Waals surface area contributed by atoms with Crippen molar-refractivity contribution in [1.82, 2.24) is 9.13 Å². The van der Waals surface area contributed by atoms with Gasteiger partial charge in [0, 0.05) is 32.9 Å². The van der Waals surface area contributed by atoms with Crippen molar-refractivity contribution < 1.29 is 0 Å². The summed E-state index contributed by atoms with van der Waals surface area (Å²) in [6.07, 6.45) is 8.82. The van der Waals surface area contributed by atoms with E-state index in [1.807, 2.05) is 0 Å². The van der Waals surface area contributed by atoms with E-state index in [9.17, 15) is 0 Å². The summed E-state index contributed by atoms with van der Waals surface area (Å²) in [5.41, 5.74) is 26.8. The quantitative estimate of drug-likeness (QED) is 0.0852. The van der Waals surface area contributed by atoms with E-state index in [-0.39, 0.29) is 0 Å². The average molecular weight is 1450 g/mol. The molecule has 22 aromatic rings. The number of fused-ring (bicyclic) bond motifs is 12. The minimum atomic E-state index is 1.16. The topological polar surface area (TPSA) is 9.86 Å². The molecule has 2 aromatic heterocycles. The van der Waals surface area contributed by atoms with Crippen molar-refractivity contribution in [3.8, 4) is 78.1 Å². The van der Waals surface area contributed by atoms with E-state index in [1.54, 1.807) is 0 Å². The van der Waals surface area contributed by atoms with Crippen LogP contribution in [0.2, 0.25) is 0 Å². The second kappa shape index (κ2) is 28.8. The number of para-hydroxylation sites is 4. The molecule has 0 N–H and O–H groups in total. The summed E-state index contributed by atoms with van der Waals surface area (Å²) in [5, 5.41) is 20.2. The van der Waals surface area contributed by atoms with Crippen molar-refractivity contribution in [2.75, 3.05) is 0 Å². The molecule has 532 valence electrons. The first kappa shape index (κ1) is 67.2. The zero-order valence-corrected chi connectivity index (χ0v) is 62.6. The van der Waals surface area contributed by atoms with E-state index in [0.29, 0.717) is 0 Å². The van der Waals surface area contributed by atoms with Crippen molar-refractivity contribution >= 4 is 133 Å². The number of aromatic nitrogens is 2. The van der Waals surface area contributed by atoms with Gasteiger partial charge in [-0.2, -0.15) is 0 Å². The van der Waals surface area contributed by atoms with Gasteiger partial charge >= 0.3 is 0 Å². The minimum absolute atomic E-state index is 1.16. The van der Waals surface area contributed by atoms with Crippen LogP contribution in [0.5, 0.6) is 0 Å². The number of rotatable bonds is 12. The summed E-state index contributed by atoms with van der Waals surface area (Å²) in [6, 6.07) is 155. The van der Waals surface area contributed by atoms with Crippen molar-refractivity contribution in [3.63, 3.8) is 0 Å². The monoisotopic (exact) mass is 1450 g/mol. The molecular formula is C112H74N2. The van der Waals surface area contributed by atoms with Crippen LogP contribution >= 0.6 is 0 Å². The molecule has 0 amide bonds. The Balaban J connectivity index is 0.000000143. The Morgan fingerprint density at radius 1 is 0.149 bits per heavy atom. The lowest BCUT2D eigenvalue weighted by Gasteiger charge is -2.18. The highest BCUT2D eigenvalue weighted by atomic mass is 15.0. The Bertz CT molecular complexity index is 7350. The smallest absolute Gasteiger partial charge is 0.0547 e. The van der Waals surface area contributed by atoms with Gasteiger partial charge in [0.05, 0.1) is 22.1 Å². The van der Waals surface area contributed by atoms with E-state index in [2.05, 4.69) is 458 Å². The van der Waals surface area contributed by atoms with Crippen molar-refractivity contribution in [2.45, 2.75) is 0 Å². The lowest BCUT2D eigenvalue weighted by atomic mass is 9.85. The van der Waals surface area contributed by atoms with Gasteiger partial charge in [0.2, 0.25) is 0 Å². The summed E-state index contributed by atoms with van der Waals surface area (Å²) >= 11 is 0. The molecule has 20 aromatic carbocycles. The Hall–Kier alpha value is -15.0. The molecule has 2 nitrogen and oxygen atoms in total. The molecule has 114 heavy (non-hydrogen) atoms. The summed E-state index contributed by atoms with van der Waals surface area (Å²) in [6.45, 7) is 0. The van der Waals surface area contributed by atoms with E-state index in [0.717, 1.165) is 5.69 Å². The lowest BCUT2D eigenvalue weighted by molar-refractivity contribution is 1.18. The molecule has 0 spiro atoms. The maximum atomic E-state index is 2.41. The standard InChI is InChI=1S/2C56H37N/c1-2-14-45-40(12-1)13-11-21-46(45)41-30-26-38(27-31-41)24-25-39-28-32-42(33-29-39)55-49-17-3-5-19-51(49)56(52-20-6-4-18-50(52)55)43-34-36-44(37-35-43)57-53-22-9-7-15-47(53)48-16-8-10-23-54(48)57;1-2-15-44(16-3-1)57-53-24-11-10-18-47(53)48-36-35-43(37-54(48)57)56-51-21-8-6-19-49(51)55(50-20-7-9-22-52(50)56)42-33-29-39(30-34-42)26-25-38-27-31-41(32-28-38)46-23-12-14-40-13-4-5-17-45(40)46/h2*1-37H/b25-24+;26-25+. The number of hydrogen-bond acceptors (Lipinski definition) is 0. The van der Waals surface area contributed by atoms with Crippen LogP contribution in [-0.4, -0.2) is 9.13 Å².